The van der Waals surface area contributed by atoms with Gasteiger partial charge in [-0.2, -0.15) is 0 Å². The van der Waals surface area contributed by atoms with Gasteiger partial charge in [0.25, 0.3) is 0 Å². The van der Waals surface area contributed by atoms with Crippen LogP contribution in [0.3, 0.4) is 0 Å². The smallest absolute Gasteiger partial charge is 0.222 e. The first-order valence-corrected chi connectivity index (χ1v) is 12.5. The number of amides is 1. The fraction of sp³-hybridized carbons (Fsp3) is 0.280. The van der Waals surface area contributed by atoms with Gasteiger partial charge < -0.3 is 15.6 Å². The average molecular weight is 493 g/mol. The molecule has 3 heterocycles. The van der Waals surface area contributed by atoms with Crippen LogP contribution in [0, 0.1) is 5.92 Å². The highest BCUT2D eigenvalue weighted by molar-refractivity contribution is 7.19. The Morgan fingerprint density at radius 3 is 2.74 bits per heavy atom. The van der Waals surface area contributed by atoms with Gasteiger partial charge in [0.2, 0.25) is 5.91 Å². The first-order chi connectivity index (χ1) is 16.6. The molecule has 4 aromatic rings. The molecule has 1 fully saturated rings. The van der Waals surface area contributed by atoms with E-state index in [9.17, 15) is 4.79 Å². The second-order valence-corrected chi connectivity index (χ2v) is 10.0. The Balaban J connectivity index is 1.58. The summed E-state index contributed by atoms with van der Waals surface area (Å²) in [5.41, 5.74) is 3.24. The lowest BCUT2D eigenvalue weighted by Gasteiger charge is -2.29. The van der Waals surface area contributed by atoms with E-state index in [1.54, 1.807) is 23.9 Å². The molecule has 5 rings (SSSR count). The molecule has 7 nitrogen and oxygen atoms in total. The summed E-state index contributed by atoms with van der Waals surface area (Å²) in [5, 5.41) is 15.6. The molecule has 0 bridgehead atoms. The molecule has 0 saturated heterocycles. The molecule has 1 atom stereocenters. The zero-order chi connectivity index (χ0) is 23.5. The van der Waals surface area contributed by atoms with Gasteiger partial charge in [-0.25, -0.2) is 4.98 Å². The molecule has 1 aliphatic carbocycles. The Bertz CT molecular complexity index is 1270. The van der Waals surface area contributed by atoms with E-state index < -0.39 is 0 Å². The van der Waals surface area contributed by atoms with E-state index >= 15 is 0 Å². The quantitative estimate of drug-likeness (QED) is 0.294. The summed E-state index contributed by atoms with van der Waals surface area (Å²) in [6.45, 7) is 2.43. The van der Waals surface area contributed by atoms with Gasteiger partial charge in [0.1, 0.15) is 12.1 Å². The Kier molecular flexibility index (Phi) is 6.71. The van der Waals surface area contributed by atoms with Crippen molar-refractivity contribution in [1.82, 2.24) is 25.5 Å². The van der Waals surface area contributed by atoms with E-state index in [1.165, 1.54) is 26.2 Å². The number of anilines is 1. The maximum atomic E-state index is 11.5. The van der Waals surface area contributed by atoms with Crippen molar-refractivity contribution in [3.8, 4) is 21.1 Å². The van der Waals surface area contributed by atoms with Crippen LogP contribution in [0.25, 0.3) is 21.1 Å². The summed E-state index contributed by atoms with van der Waals surface area (Å²) < 4.78 is 0. The zero-order valence-corrected chi connectivity index (χ0v) is 20.3. The molecular weight excluding hydrogens is 468 g/mol. The van der Waals surface area contributed by atoms with Gasteiger partial charge in [-0.3, -0.25) is 4.79 Å². The molecule has 0 radical (unpaired) electrons. The number of carbonyl (C=O) groups is 1. The highest BCUT2D eigenvalue weighted by Crippen LogP contribution is 2.42. The molecule has 1 saturated carbocycles. The second-order valence-electron chi connectivity index (χ2n) is 8.53. The van der Waals surface area contributed by atoms with Crippen molar-refractivity contribution in [2.75, 3.05) is 11.9 Å². The summed E-state index contributed by atoms with van der Waals surface area (Å²) in [6, 6.07) is 14.0. The van der Waals surface area contributed by atoms with Gasteiger partial charge in [-0.15, -0.1) is 21.5 Å². The predicted octanol–water partition coefficient (Wildman–Crippen LogP) is 5.69. The molecule has 34 heavy (non-hydrogen) atoms. The summed E-state index contributed by atoms with van der Waals surface area (Å²) in [6.07, 6.45) is 7.15. The summed E-state index contributed by atoms with van der Waals surface area (Å²) >= 11 is 7.83. The summed E-state index contributed by atoms with van der Waals surface area (Å²) in [7, 11) is 0. The van der Waals surface area contributed by atoms with E-state index in [0.717, 1.165) is 38.8 Å². The molecule has 0 spiro atoms. The third kappa shape index (κ3) is 5.04. The number of hydrogen-bond acceptors (Lipinski definition) is 6. The molecule has 0 aliphatic heterocycles. The van der Waals surface area contributed by atoms with Gasteiger partial charge in [0.05, 0.1) is 10.9 Å². The number of pyridine rings is 1. The Morgan fingerprint density at radius 1 is 1.24 bits per heavy atom. The summed E-state index contributed by atoms with van der Waals surface area (Å²) in [5.74, 6) is 1.81. The molecule has 174 valence electrons. The Labute approximate surface area is 207 Å². The summed E-state index contributed by atoms with van der Waals surface area (Å²) in [4.78, 5) is 21.0. The number of halogens is 1. The van der Waals surface area contributed by atoms with E-state index in [1.807, 2.05) is 24.3 Å². The fourth-order valence-electron chi connectivity index (χ4n) is 4.14. The Hall–Kier alpha value is -3.07. The SMILES string of the molecule is CC(=O)Nc1cc(-c2cc(C(NCC3CCC3)c3ccc(Cl)cc3)c(-c3nnc[nH]3)s2)ccn1. The van der Waals surface area contributed by atoms with Crippen LogP contribution in [0.1, 0.15) is 43.4 Å². The van der Waals surface area contributed by atoms with Crippen LogP contribution in [0.4, 0.5) is 5.82 Å². The maximum absolute atomic E-state index is 11.5. The lowest BCUT2D eigenvalue weighted by molar-refractivity contribution is -0.114. The van der Waals surface area contributed by atoms with Crippen molar-refractivity contribution >= 4 is 34.7 Å². The molecule has 1 unspecified atom stereocenters. The molecule has 1 amide bonds. The molecule has 3 N–H and O–H groups in total. The number of nitrogens with one attached hydrogen (secondary N) is 3. The first-order valence-electron chi connectivity index (χ1n) is 11.3. The number of rotatable bonds is 8. The van der Waals surface area contributed by atoms with E-state index in [-0.39, 0.29) is 11.9 Å². The van der Waals surface area contributed by atoms with Crippen LogP contribution >= 0.6 is 22.9 Å². The largest absolute Gasteiger partial charge is 0.327 e. The fourth-order valence-corrected chi connectivity index (χ4v) is 5.41. The van der Waals surface area contributed by atoms with E-state index in [4.69, 9.17) is 11.6 Å². The number of aromatic nitrogens is 4. The maximum Gasteiger partial charge on any atom is 0.222 e. The molecule has 1 aromatic carbocycles. The van der Waals surface area contributed by atoms with Crippen molar-refractivity contribution in [2.45, 2.75) is 32.2 Å². The third-order valence-electron chi connectivity index (χ3n) is 6.09. The van der Waals surface area contributed by atoms with Crippen LogP contribution in [-0.2, 0) is 4.79 Å². The highest BCUT2D eigenvalue weighted by Gasteiger charge is 2.26. The number of thiophene rings is 1. The van der Waals surface area contributed by atoms with Crippen molar-refractivity contribution in [2.24, 2.45) is 5.92 Å². The molecule has 3 aromatic heterocycles. The number of H-pyrrole nitrogens is 1. The number of benzene rings is 1. The van der Waals surface area contributed by atoms with Crippen LogP contribution in [0.2, 0.25) is 5.02 Å². The highest BCUT2D eigenvalue weighted by atomic mass is 35.5. The van der Waals surface area contributed by atoms with Crippen molar-refractivity contribution in [1.29, 1.82) is 0 Å². The van der Waals surface area contributed by atoms with Gasteiger partial charge in [0.15, 0.2) is 5.82 Å². The first kappa shape index (κ1) is 22.7. The number of carbonyl (C=O) groups excluding carboxylic acids is 1. The number of hydrogen-bond donors (Lipinski definition) is 3. The minimum absolute atomic E-state index is 0.0281. The minimum Gasteiger partial charge on any atom is -0.327 e. The topological polar surface area (TPSA) is 95.6 Å². The number of aromatic amines is 1. The van der Waals surface area contributed by atoms with E-state index in [2.05, 4.69) is 49.0 Å². The minimum atomic E-state index is -0.151. The third-order valence-corrected chi connectivity index (χ3v) is 7.55. The van der Waals surface area contributed by atoms with Crippen molar-refractivity contribution in [3.63, 3.8) is 0 Å². The predicted molar refractivity (Wildman–Crippen MR) is 136 cm³/mol. The van der Waals surface area contributed by atoms with Crippen molar-refractivity contribution < 1.29 is 4.79 Å². The van der Waals surface area contributed by atoms with Gasteiger partial charge in [-0.05, 0) is 72.3 Å². The molecular formula is C25H25ClN6OS. The van der Waals surface area contributed by atoms with Crippen LogP contribution in [0.15, 0.2) is 55.0 Å². The van der Waals surface area contributed by atoms with Crippen molar-refractivity contribution in [3.05, 3.63) is 71.1 Å². The normalized spacial score (nSPS) is 14.5. The van der Waals surface area contributed by atoms with E-state index in [0.29, 0.717) is 16.8 Å². The number of nitrogens with zero attached hydrogens (tertiary/aromatic N) is 3. The van der Waals surface area contributed by atoms with Gasteiger partial charge in [-0.1, -0.05) is 30.2 Å². The second kappa shape index (κ2) is 10.0. The van der Waals surface area contributed by atoms with Crippen LogP contribution < -0.4 is 10.6 Å². The molecule has 9 heteroatoms. The lowest BCUT2D eigenvalue weighted by Crippen LogP contribution is -2.31. The average Bonchev–Trinajstić information content (AvgIpc) is 3.46. The van der Waals surface area contributed by atoms with Crippen LogP contribution in [-0.4, -0.2) is 32.6 Å². The Morgan fingerprint density at radius 2 is 2.06 bits per heavy atom. The lowest BCUT2D eigenvalue weighted by atomic mass is 9.85. The zero-order valence-electron chi connectivity index (χ0n) is 18.7. The van der Waals surface area contributed by atoms with Gasteiger partial charge >= 0.3 is 0 Å². The van der Waals surface area contributed by atoms with Crippen LogP contribution in [0.5, 0.6) is 0 Å². The standard InChI is InChI=1S/C25H25ClN6OS/c1-15(33)31-22-11-18(9-10-27-22)21-12-20(24(34-21)25-29-14-30-32-25)23(28-13-16-3-2-4-16)17-5-7-19(26)8-6-17/h5-12,14,16,23,28H,2-4,13H2,1H3,(H,27,31,33)(H,29,30,32). The van der Waals surface area contributed by atoms with Gasteiger partial charge in [0, 0.05) is 23.0 Å². The monoisotopic (exact) mass is 492 g/mol. The molecule has 1 aliphatic rings.